The molecule has 24 heavy (non-hydrogen) atoms. The average Bonchev–Trinajstić information content (AvgIpc) is 3.12. The van der Waals surface area contributed by atoms with Crippen molar-refractivity contribution in [3.8, 4) is 11.9 Å². The number of nitrogens with one attached hydrogen (secondary N) is 1. The zero-order chi connectivity index (χ0) is 17.3. The van der Waals surface area contributed by atoms with Crippen molar-refractivity contribution in [2.24, 2.45) is 16.8 Å². The van der Waals surface area contributed by atoms with E-state index < -0.39 is 11.4 Å². The van der Waals surface area contributed by atoms with Gasteiger partial charge in [-0.25, -0.2) is 4.39 Å². The lowest BCUT2D eigenvalue weighted by Crippen LogP contribution is -2.51. The van der Waals surface area contributed by atoms with Crippen LogP contribution in [-0.2, 0) is 0 Å². The van der Waals surface area contributed by atoms with E-state index in [4.69, 9.17) is 21.6 Å². The molecule has 128 valence electrons. The van der Waals surface area contributed by atoms with Crippen molar-refractivity contribution >= 4 is 17.4 Å². The minimum Gasteiger partial charge on any atom is -0.477 e. The fourth-order valence-electron chi connectivity index (χ4n) is 3.87. The zero-order valence-electron chi connectivity index (χ0n) is 13.9. The molecule has 0 unspecified atom stereocenters. The van der Waals surface area contributed by atoms with Gasteiger partial charge in [0.2, 0.25) is 6.19 Å². The Balaban J connectivity index is 1.76. The van der Waals surface area contributed by atoms with Crippen LogP contribution in [0.25, 0.3) is 0 Å². The fourth-order valence-corrected chi connectivity index (χ4v) is 4.03. The van der Waals surface area contributed by atoms with Crippen molar-refractivity contribution in [2.45, 2.75) is 51.2 Å². The summed E-state index contributed by atoms with van der Waals surface area (Å²) in [5.41, 5.74) is -0.952. The van der Waals surface area contributed by atoms with Crippen LogP contribution >= 0.6 is 11.6 Å². The van der Waals surface area contributed by atoms with Gasteiger partial charge in [-0.3, -0.25) is 0 Å². The molecule has 3 rings (SSSR count). The van der Waals surface area contributed by atoms with Crippen LogP contribution < -0.4 is 10.1 Å². The number of nitriles is 1. The molecule has 1 aromatic rings. The van der Waals surface area contributed by atoms with Gasteiger partial charge in [-0.15, -0.1) is 0 Å². The van der Waals surface area contributed by atoms with E-state index in [0.717, 1.165) is 12.3 Å². The minimum atomic E-state index is -0.952. The molecule has 0 aromatic heterocycles. The van der Waals surface area contributed by atoms with Crippen LogP contribution in [0.15, 0.2) is 23.2 Å². The van der Waals surface area contributed by atoms with Gasteiger partial charge >= 0.3 is 0 Å². The first-order valence-corrected chi connectivity index (χ1v) is 8.64. The number of amidine groups is 1. The van der Waals surface area contributed by atoms with Crippen molar-refractivity contribution in [1.82, 2.24) is 5.32 Å². The molecule has 0 spiro atoms. The predicted octanol–water partition coefficient (Wildman–Crippen LogP) is 4.29. The second-order valence-electron chi connectivity index (χ2n) is 7.17. The van der Waals surface area contributed by atoms with Crippen molar-refractivity contribution < 1.29 is 9.13 Å². The monoisotopic (exact) mass is 349 g/mol. The Labute approximate surface area is 146 Å². The number of ether oxygens (including phenoxy) is 1. The summed E-state index contributed by atoms with van der Waals surface area (Å²) in [6.07, 6.45) is 6.68. The van der Waals surface area contributed by atoms with Crippen LogP contribution in [0, 0.1) is 29.1 Å². The summed E-state index contributed by atoms with van der Waals surface area (Å²) in [6.45, 7) is 3.55. The van der Waals surface area contributed by atoms with Crippen LogP contribution in [0.2, 0.25) is 5.02 Å². The maximum atomic E-state index is 14.0. The predicted molar refractivity (Wildman–Crippen MR) is 91.5 cm³/mol. The summed E-state index contributed by atoms with van der Waals surface area (Å²) in [5, 5.41) is 12.7. The summed E-state index contributed by atoms with van der Waals surface area (Å²) >= 11 is 5.78. The summed E-state index contributed by atoms with van der Waals surface area (Å²) in [4.78, 5) is 3.92. The third-order valence-electron chi connectivity index (χ3n) is 5.05. The zero-order valence-corrected chi connectivity index (χ0v) is 14.6. The number of fused-ring (bicyclic) bond motifs is 2. The molecule has 0 radical (unpaired) electrons. The van der Waals surface area contributed by atoms with Gasteiger partial charge in [-0.2, -0.15) is 10.3 Å². The Bertz CT molecular complexity index is 698. The van der Waals surface area contributed by atoms with Crippen LogP contribution in [0.4, 0.5) is 4.39 Å². The van der Waals surface area contributed by atoms with Gasteiger partial charge in [0.25, 0.3) is 0 Å². The summed E-state index contributed by atoms with van der Waals surface area (Å²) < 4.78 is 19.8. The minimum absolute atomic E-state index is 0.0878. The lowest BCUT2D eigenvalue weighted by Gasteiger charge is -2.32. The lowest BCUT2D eigenvalue weighted by molar-refractivity contribution is 0.167. The van der Waals surface area contributed by atoms with E-state index in [1.54, 1.807) is 19.9 Å². The fraction of sp³-hybridized carbons (Fsp3) is 0.556. The second kappa shape index (κ2) is 6.60. The van der Waals surface area contributed by atoms with Crippen LogP contribution in [0.1, 0.15) is 39.5 Å². The van der Waals surface area contributed by atoms with Crippen molar-refractivity contribution in [1.29, 1.82) is 5.26 Å². The average molecular weight is 350 g/mol. The summed E-state index contributed by atoms with van der Waals surface area (Å²) in [7, 11) is 0. The van der Waals surface area contributed by atoms with Crippen LogP contribution in [0.3, 0.4) is 0 Å². The van der Waals surface area contributed by atoms with Gasteiger partial charge in [0.1, 0.15) is 0 Å². The van der Waals surface area contributed by atoms with Gasteiger partial charge < -0.3 is 10.1 Å². The Hall–Kier alpha value is -1.80. The topological polar surface area (TPSA) is 57.4 Å². The highest BCUT2D eigenvalue weighted by atomic mass is 35.5. The quantitative estimate of drug-likeness (QED) is 0.501. The number of halogens is 2. The van der Waals surface area contributed by atoms with E-state index in [9.17, 15) is 4.39 Å². The molecule has 3 atom stereocenters. The third-order valence-corrected chi connectivity index (χ3v) is 5.29. The molecular formula is C18H21ClFN3O. The summed E-state index contributed by atoms with van der Waals surface area (Å²) in [5.74, 6) is 1.39. The van der Waals surface area contributed by atoms with Gasteiger partial charge in [0, 0.05) is 11.1 Å². The molecular weight excluding hydrogens is 329 g/mol. The molecule has 2 bridgehead atoms. The smallest absolute Gasteiger partial charge is 0.207 e. The van der Waals surface area contributed by atoms with E-state index in [1.165, 1.54) is 31.4 Å². The molecule has 0 aliphatic heterocycles. The molecule has 1 N–H and O–H groups in total. The van der Waals surface area contributed by atoms with Gasteiger partial charge in [-0.05, 0) is 63.1 Å². The van der Waals surface area contributed by atoms with E-state index in [0.29, 0.717) is 22.8 Å². The maximum absolute atomic E-state index is 14.0. The van der Waals surface area contributed by atoms with E-state index in [1.807, 2.05) is 6.19 Å². The summed E-state index contributed by atoms with van der Waals surface area (Å²) in [6, 6.07) is 4.58. The highest BCUT2D eigenvalue weighted by Crippen LogP contribution is 2.44. The molecule has 2 aliphatic carbocycles. The molecule has 4 nitrogen and oxygen atoms in total. The number of benzene rings is 1. The molecule has 1 aromatic carbocycles. The van der Waals surface area contributed by atoms with E-state index in [2.05, 4.69) is 10.3 Å². The molecule has 6 heteroatoms. The molecule has 2 aliphatic rings. The largest absolute Gasteiger partial charge is 0.477 e. The first-order valence-electron chi connectivity index (χ1n) is 8.27. The van der Waals surface area contributed by atoms with Gasteiger partial charge in [0.05, 0.1) is 0 Å². The van der Waals surface area contributed by atoms with Gasteiger partial charge in [0.15, 0.2) is 23.0 Å². The Morgan fingerprint density at radius 3 is 2.79 bits per heavy atom. The first kappa shape index (κ1) is 17.0. The lowest BCUT2D eigenvalue weighted by atomic mass is 9.94. The molecule has 2 fully saturated rings. The Morgan fingerprint density at radius 2 is 2.21 bits per heavy atom. The van der Waals surface area contributed by atoms with Crippen molar-refractivity contribution in [2.75, 3.05) is 0 Å². The Kier molecular flexibility index (Phi) is 4.69. The third kappa shape index (κ3) is 3.49. The maximum Gasteiger partial charge on any atom is 0.207 e. The molecule has 0 heterocycles. The first-order chi connectivity index (χ1) is 11.4. The number of hydrogen-bond acceptors (Lipinski definition) is 3. The van der Waals surface area contributed by atoms with Gasteiger partial charge in [-0.1, -0.05) is 18.0 Å². The van der Waals surface area contributed by atoms with E-state index in [-0.39, 0.29) is 5.75 Å². The Morgan fingerprint density at radius 1 is 1.42 bits per heavy atom. The second-order valence-corrected chi connectivity index (χ2v) is 7.61. The van der Waals surface area contributed by atoms with E-state index >= 15 is 0 Å². The molecule has 0 amide bonds. The molecule has 0 saturated heterocycles. The molecule has 2 saturated carbocycles. The SMILES string of the molecule is CC(C)(Oc1ccc(Cl)cc1F)/C(=N/C#N)N[C@H]1C[C@@H]2CC[C@H]1C2. The number of nitrogens with zero attached hydrogens (tertiary/aromatic N) is 2. The number of rotatable bonds is 4. The van der Waals surface area contributed by atoms with Crippen LogP contribution in [-0.4, -0.2) is 17.5 Å². The highest BCUT2D eigenvalue weighted by molar-refractivity contribution is 6.30. The van der Waals surface area contributed by atoms with Crippen LogP contribution in [0.5, 0.6) is 5.75 Å². The number of hydrogen-bond donors (Lipinski definition) is 1. The highest BCUT2D eigenvalue weighted by Gasteiger charge is 2.41. The standard InChI is InChI=1S/C18H21ClFN3O/c1-18(2,24-16-6-5-13(19)9-14(16)20)17(22-10-21)23-15-8-11-3-4-12(15)7-11/h5-6,9,11-12,15H,3-4,7-8H2,1-2H3,(H,22,23)/t11-,12+,15+/m1/s1. The number of aliphatic imine (C=N–C) groups is 1. The van der Waals surface area contributed by atoms with Crippen molar-refractivity contribution in [3.63, 3.8) is 0 Å². The normalized spacial score (nSPS) is 26.3. The van der Waals surface area contributed by atoms with Crippen molar-refractivity contribution in [3.05, 3.63) is 29.0 Å².